The normalized spacial score (nSPS) is 13.3. The molecule has 0 aliphatic rings. The fourth-order valence-corrected chi connectivity index (χ4v) is 8.34. The van der Waals surface area contributed by atoms with E-state index < -0.39 is 20.4 Å². The quantitative estimate of drug-likeness (QED) is 0.0999. The van der Waals surface area contributed by atoms with Crippen LogP contribution in [0.2, 0.25) is 0 Å². The Balaban J connectivity index is 2.13. The first-order valence-corrected chi connectivity index (χ1v) is 23.3. The van der Waals surface area contributed by atoms with Gasteiger partial charge < -0.3 is 23.0 Å². The number of rotatable bonds is 8. The van der Waals surface area contributed by atoms with Gasteiger partial charge in [0.1, 0.15) is 28.6 Å². The van der Waals surface area contributed by atoms with E-state index in [1.165, 1.54) is 11.1 Å². The molecule has 6 nitrogen and oxygen atoms in total. The van der Waals surface area contributed by atoms with E-state index in [4.69, 9.17) is 23.0 Å². The van der Waals surface area contributed by atoms with Crippen molar-refractivity contribution in [2.24, 2.45) is 0 Å². The molecule has 0 unspecified atom stereocenters. The lowest BCUT2D eigenvalue weighted by atomic mass is 9.80. The molecule has 0 saturated heterocycles. The van der Waals surface area contributed by atoms with Gasteiger partial charge in [-0.25, -0.2) is 4.79 Å². The van der Waals surface area contributed by atoms with Crippen molar-refractivity contribution in [2.45, 2.75) is 197 Å². The zero-order valence-electron chi connectivity index (χ0n) is 42.7. The molecule has 340 valence electrons. The summed E-state index contributed by atoms with van der Waals surface area (Å²) in [7, 11) is -2.19. The second-order valence-corrected chi connectivity index (χ2v) is 25.4. The minimum atomic E-state index is -2.19. The van der Waals surface area contributed by atoms with Crippen molar-refractivity contribution >= 4 is 14.8 Å². The van der Waals surface area contributed by atoms with Crippen molar-refractivity contribution in [1.29, 1.82) is 0 Å². The van der Waals surface area contributed by atoms with E-state index >= 15 is 0 Å². The van der Waals surface area contributed by atoms with Crippen LogP contribution in [0.25, 0.3) is 11.1 Å². The van der Waals surface area contributed by atoms with Crippen LogP contribution in [-0.4, -0.2) is 11.8 Å². The molecular formula is C55H79O6P. The molecule has 0 N–H and O–H groups in total. The summed E-state index contributed by atoms with van der Waals surface area (Å²) < 4.78 is 33.8. The minimum absolute atomic E-state index is 0.0656. The predicted octanol–water partition coefficient (Wildman–Crippen LogP) is 16.8. The fraction of sp³-hybridized carbons (Fsp3) is 0.545. The molecule has 0 spiro atoms. The zero-order valence-corrected chi connectivity index (χ0v) is 43.6. The van der Waals surface area contributed by atoms with Crippen LogP contribution in [-0.2, 0) is 37.2 Å². The molecule has 62 heavy (non-hydrogen) atoms. The molecule has 0 heterocycles. The van der Waals surface area contributed by atoms with Gasteiger partial charge in [-0.15, -0.1) is 0 Å². The first-order valence-electron chi connectivity index (χ1n) is 22.2. The van der Waals surface area contributed by atoms with Gasteiger partial charge in [0.2, 0.25) is 0 Å². The van der Waals surface area contributed by atoms with Crippen LogP contribution in [0, 0.1) is 13.8 Å². The molecule has 7 heteroatoms. The summed E-state index contributed by atoms with van der Waals surface area (Å²) >= 11 is 0. The van der Waals surface area contributed by atoms with Gasteiger partial charge in [-0.05, 0) is 114 Å². The summed E-state index contributed by atoms with van der Waals surface area (Å²) in [4.78, 5) is 13.6. The third-order valence-electron chi connectivity index (χ3n) is 10.8. The Hall–Kier alpha value is -4.02. The molecular weight excluding hydrogens is 788 g/mol. The highest BCUT2D eigenvalue weighted by molar-refractivity contribution is 7.43. The Morgan fingerprint density at radius 3 is 1.11 bits per heavy atom. The van der Waals surface area contributed by atoms with E-state index in [2.05, 4.69) is 199 Å². The van der Waals surface area contributed by atoms with E-state index in [9.17, 15) is 4.79 Å². The molecule has 0 radical (unpaired) electrons. The predicted molar refractivity (Wildman–Crippen MR) is 262 cm³/mol. The van der Waals surface area contributed by atoms with Crippen LogP contribution in [0.4, 0.5) is 4.79 Å². The monoisotopic (exact) mass is 867 g/mol. The lowest BCUT2D eigenvalue weighted by Crippen LogP contribution is -2.27. The van der Waals surface area contributed by atoms with Gasteiger partial charge in [0.05, 0.1) is 0 Å². The summed E-state index contributed by atoms with van der Waals surface area (Å²) in [6, 6.07) is 21.4. The summed E-state index contributed by atoms with van der Waals surface area (Å²) in [5.41, 5.74) is 7.77. The highest BCUT2D eigenvalue weighted by Crippen LogP contribution is 2.54. The summed E-state index contributed by atoms with van der Waals surface area (Å²) in [5.74, 6) is 2.43. The minimum Gasteiger partial charge on any atom is -0.428 e. The number of aryl methyl sites for hydroxylation is 2. The first-order chi connectivity index (χ1) is 27.9. The first kappa shape index (κ1) is 50.6. The molecule has 0 bridgehead atoms. The highest BCUT2D eigenvalue weighted by Gasteiger charge is 2.35. The third-order valence-corrected chi connectivity index (χ3v) is 11.8. The molecule has 0 saturated carbocycles. The summed E-state index contributed by atoms with van der Waals surface area (Å²) in [6.45, 7) is 49.2. The Morgan fingerprint density at radius 1 is 0.419 bits per heavy atom. The Bertz CT molecular complexity index is 2170. The standard InChI is InChI=1S/C55H79O6P/c1-34-28-38(46(42(30-34)53(15,16)17)57-48(56)58-55(21,22)23)39-29-35(2)31-43(54(18,19)20)47(39)61-62(59-44-26-24-36(49(3,4)5)32-40(44)51(9,10)11)60-45-27-25-37(50(6,7)8)33-41(45)52(12,13)14/h24-33H,1-23H3. The van der Waals surface area contributed by atoms with Crippen molar-refractivity contribution in [2.75, 3.05) is 0 Å². The third kappa shape index (κ3) is 12.8. The Morgan fingerprint density at radius 2 is 0.774 bits per heavy atom. The van der Waals surface area contributed by atoms with Crippen LogP contribution in [0.5, 0.6) is 23.0 Å². The molecule has 4 aromatic carbocycles. The Labute approximate surface area is 377 Å². The molecule has 0 fully saturated rings. The zero-order chi connectivity index (χ0) is 47.3. The molecule has 0 aliphatic carbocycles. The maximum absolute atomic E-state index is 13.6. The number of hydrogen-bond acceptors (Lipinski definition) is 6. The maximum Gasteiger partial charge on any atom is 0.530 e. The van der Waals surface area contributed by atoms with Gasteiger partial charge in [0, 0.05) is 33.4 Å². The summed E-state index contributed by atoms with van der Waals surface area (Å²) in [6.07, 6.45) is -0.769. The van der Waals surface area contributed by atoms with Crippen LogP contribution in [0.3, 0.4) is 0 Å². The van der Waals surface area contributed by atoms with E-state index in [1.807, 2.05) is 20.8 Å². The Kier molecular flexibility index (Phi) is 14.3. The van der Waals surface area contributed by atoms with Crippen LogP contribution >= 0.6 is 8.60 Å². The smallest absolute Gasteiger partial charge is 0.428 e. The van der Waals surface area contributed by atoms with E-state index in [0.717, 1.165) is 44.5 Å². The van der Waals surface area contributed by atoms with E-state index in [0.29, 0.717) is 23.0 Å². The number of carbonyl (C=O) groups is 1. The van der Waals surface area contributed by atoms with Crippen molar-refractivity contribution in [3.05, 3.63) is 105 Å². The molecule has 0 aromatic heterocycles. The average molecular weight is 867 g/mol. The van der Waals surface area contributed by atoms with Gasteiger partial charge in [-0.2, -0.15) is 0 Å². The number of carbonyl (C=O) groups excluding carboxylic acids is 1. The number of benzene rings is 4. The van der Waals surface area contributed by atoms with Crippen molar-refractivity contribution < 1.29 is 27.8 Å². The SMILES string of the molecule is Cc1cc(-c2cc(C)cc(C(C)(C)C)c2OP(Oc2ccc(C(C)(C)C)cc2C(C)(C)C)Oc2ccc(C(C)(C)C)cc2C(C)(C)C)c(OC(=O)OC(C)(C)C)c(C(C)(C)C)c1. The molecule has 0 atom stereocenters. The van der Waals surface area contributed by atoms with Crippen molar-refractivity contribution in [3.63, 3.8) is 0 Å². The molecule has 0 aliphatic heterocycles. The van der Waals surface area contributed by atoms with Crippen LogP contribution < -0.4 is 18.3 Å². The van der Waals surface area contributed by atoms with E-state index in [1.54, 1.807) is 0 Å². The van der Waals surface area contributed by atoms with Gasteiger partial charge in [-0.3, -0.25) is 0 Å². The van der Waals surface area contributed by atoms with Crippen molar-refractivity contribution in [3.8, 4) is 34.1 Å². The van der Waals surface area contributed by atoms with Crippen molar-refractivity contribution in [1.82, 2.24) is 0 Å². The molecule has 4 aromatic rings. The molecule has 0 amide bonds. The van der Waals surface area contributed by atoms with Crippen LogP contribution in [0.1, 0.15) is 190 Å². The molecule has 4 rings (SSSR count). The topological polar surface area (TPSA) is 63.2 Å². The second-order valence-electron chi connectivity index (χ2n) is 24.4. The van der Waals surface area contributed by atoms with Crippen LogP contribution in [0.15, 0.2) is 60.7 Å². The van der Waals surface area contributed by atoms with Gasteiger partial charge in [0.25, 0.3) is 0 Å². The van der Waals surface area contributed by atoms with Gasteiger partial charge in [0.15, 0.2) is 0 Å². The largest absolute Gasteiger partial charge is 0.530 e. The fourth-order valence-electron chi connectivity index (χ4n) is 7.24. The lowest BCUT2D eigenvalue weighted by molar-refractivity contribution is 0.0204. The summed E-state index contributed by atoms with van der Waals surface area (Å²) in [5, 5.41) is 0. The van der Waals surface area contributed by atoms with Gasteiger partial charge in [-0.1, -0.05) is 161 Å². The number of hydrogen-bond donors (Lipinski definition) is 0. The van der Waals surface area contributed by atoms with Gasteiger partial charge >= 0.3 is 14.8 Å². The lowest BCUT2D eigenvalue weighted by Gasteiger charge is -2.32. The average Bonchev–Trinajstić information content (AvgIpc) is 3.06. The number of ether oxygens (including phenoxy) is 2. The van der Waals surface area contributed by atoms with E-state index in [-0.39, 0.29) is 32.5 Å². The second kappa shape index (κ2) is 17.5. The maximum atomic E-state index is 13.6. The highest BCUT2D eigenvalue weighted by atomic mass is 31.2.